The summed E-state index contributed by atoms with van der Waals surface area (Å²) in [5, 5.41) is 6.48. The van der Waals surface area contributed by atoms with Crippen LogP contribution < -0.4 is 15.5 Å². The fraction of sp³-hybridized carbons (Fsp3) is 0.478. The number of carbonyl (C=O) groups excluding carboxylic acids is 1. The van der Waals surface area contributed by atoms with Gasteiger partial charge in [-0.05, 0) is 56.3 Å². The zero-order valence-electron chi connectivity index (χ0n) is 17.2. The van der Waals surface area contributed by atoms with Gasteiger partial charge in [-0.15, -0.1) is 0 Å². The van der Waals surface area contributed by atoms with Gasteiger partial charge in [-0.3, -0.25) is 4.79 Å². The number of hydrogen-bond donors (Lipinski definition) is 2. The van der Waals surface area contributed by atoms with Crippen LogP contribution in [0.1, 0.15) is 42.6 Å². The predicted molar refractivity (Wildman–Crippen MR) is 119 cm³/mol. The van der Waals surface area contributed by atoms with Gasteiger partial charge in [-0.1, -0.05) is 19.3 Å². The lowest BCUT2D eigenvalue weighted by Crippen LogP contribution is -2.44. The summed E-state index contributed by atoms with van der Waals surface area (Å²) in [5.74, 6) is -0.179. The van der Waals surface area contributed by atoms with E-state index in [4.69, 9.17) is 0 Å². The van der Waals surface area contributed by atoms with E-state index >= 15 is 0 Å². The smallest absolute Gasteiger partial charge is 0.274 e. The van der Waals surface area contributed by atoms with Crippen molar-refractivity contribution in [1.82, 2.24) is 9.88 Å². The summed E-state index contributed by atoms with van der Waals surface area (Å²) in [5.41, 5.74) is 3.42. The van der Waals surface area contributed by atoms with Crippen molar-refractivity contribution in [2.45, 2.75) is 38.1 Å². The molecule has 1 aliphatic heterocycles. The Morgan fingerprint density at radius 3 is 2.28 bits per heavy atom. The third-order valence-corrected chi connectivity index (χ3v) is 5.97. The molecule has 6 heteroatoms. The molecule has 1 aromatic carbocycles. The highest BCUT2D eigenvalue weighted by molar-refractivity contribution is 6.03. The highest BCUT2D eigenvalue weighted by Gasteiger charge is 2.15. The van der Waals surface area contributed by atoms with Crippen LogP contribution in [0.2, 0.25) is 0 Å². The Balaban J connectivity index is 1.31. The van der Waals surface area contributed by atoms with Gasteiger partial charge in [0.1, 0.15) is 5.69 Å². The van der Waals surface area contributed by atoms with Crippen molar-refractivity contribution in [3.8, 4) is 0 Å². The summed E-state index contributed by atoms with van der Waals surface area (Å²) in [7, 11) is 2.16. The number of amides is 1. The minimum Gasteiger partial charge on any atom is -0.381 e. The quantitative estimate of drug-likeness (QED) is 0.808. The molecule has 2 aliphatic rings. The Kier molecular flexibility index (Phi) is 6.30. The average molecular weight is 394 g/mol. The first kappa shape index (κ1) is 19.7. The van der Waals surface area contributed by atoms with E-state index in [1.165, 1.54) is 37.8 Å². The van der Waals surface area contributed by atoms with Crippen LogP contribution in [0.15, 0.2) is 42.6 Å². The molecule has 1 saturated carbocycles. The summed E-state index contributed by atoms with van der Waals surface area (Å²) in [6, 6.07) is 12.3. The molecular formula is C23H31N5O. The molecule has 4 rings (SSSR count). The second-order valence-electron chi connectivity index (χ2n) is 8.20. The predicted octanol–water partition coefficient (Wildman–Crippen LogP) is 3.83. The van der Waals surface area contributed by atoms with E-state index < -0.39 is 0 Å². The van der Waals surface area contributed by atoms with Gasteiger partial charge in [0.2, 0.25) is 0 Å². The molecular weight excluding hydrogens is 362 g/mol. The molecule has 29 heavy (non-hydrogen) atoms. The number of nitrogens with zero attached hydrogens (tertiary/aromatic N) is 3. The molecule has 2 heterocycles. The number of nitrogens with one attached hydrogen (secondary N) is 2. The lowest BCUT2D eigenvalue weighted by Gasteiger charge is -2.34. The number of pyridine rings is 1. The fourth-order valence-electron chi connectivity index (χ4n) is 4.11. The van der Waals surface area contributed by atoms with E-state index in [1.807, 2.05) is 18.2 Å². The van der Waals surface area contributed by atoms with Crippen molar-refractivity contribution in [2.75, 3.05) is 48.8 Å². The van der Waals surface area contributed by atoms with Crippen LogP contribution in [0, 0.1) is 0 Å². The molecule has 0 atom stereocenters. The number of piperazine rings is 1. The molecule has 1 amide bonds. The Morgan fingerprint density at radius 1 is 0.931 bits per heavy atom. The Hall–Kier alpha value is -2.60. The van der Waals surface area contributed by atoms with Crippen molar-refractivity contribution in [1.29, 1.82) is 0 Å². The third kappa shape index (κ3) is 5.26. The monoisotopic (exact) mass is 393 g/mol. The van der Waals surface area contributed by atoms with Crippen LogP contribution >= 0.6 is 0 Å². The van der Waals surface area contributed by atoms with Crippen molar-refractivity contribution in [2.24, 2.45) is 0 Å². The third-order valence-electron chi connectivity index (χ3n) is 5.97. The van der Waals surface area contributed by atoms with E-state index in [0.717, 1.165) is 37.6 Å². The summed E-state index contributed by atoms with van der Waals surface area (Å²) >= 11 is 0. The first-order chi connectivity index (χ1) is 14.2. The maximum absolute atomic E-state index is 12.5. The normalized spacial score (nSPS) is 18.4. The van der Waals surface area contributed by atoms with Crippen molar-refractivity contribution in [3.63, 3.8) is 0 Å². The van der Waals surface area contributed by atoms with Gasteiger partial charge in [0, 0.05) is 43.6 Å². The van der Waals surface area contributed by atoms with Gasteiger partial charge in [0.15, 0.2) is 0 Å². The van der Waals surface area contributed by atoms with Crippen LogP contribution in [0.3, 0.4) is 0 Å². The number of aromatic nitrogens is 1. The maximum Gasteiger partial charge on any atom is 0.274 e. The first-order valence-corrected chi connectivity index (χ1v) is 10.7. The zero-order valence-corrected chi connectivity index (χ0v) is 17.2. The van der Waals surface area contributed by atoms with Crippen LogP contribution in [0.5, 0.6) is 0 Å². The second-order valence-corrected chi connectivity index (χ2v) is 8.20. The van der Waals surface area contributed by atoms with Gasteiger partial charge in [0.25, 0.3) is 5.91 Å². The Morgan fingerprint density at radius 2 is 1.62 bits per heavy atom. The Labute approximate surface area is 173 Å². The zero-order chi connectivity index (χ0) is 20.1. The van der Waals surface area contributed by atoms with Gasteiger partial charge >= 0.3 is 0 Å². The molecule has 2 fully saturated rings. The van der Waals surface area contributed by atoms with E-state index in [9.17, 15) is 4.79 Å². The molecule has 0 radical (unpaired) electrons. The van der Waals surface area contributed by atoms with E-state index in [1.54, 1.807) is 12.3 Å². The highest BCUT2D eigenvalue weighted by atomic mass is 16.1. The number of rotatable bonds is 5. The van der Waals surface area contributed by atoms with Crippen molar-refractivity contribution >= 4 is 23.0 Å². The molecule has 0 bridgehead atoms. The van der Waals surface area contributed by atoms with Gasteiger partial charge in [-0.25, -0.2) is 4.98 Å². The topological polar surface area (TPSA) is 60.5 Å². The highest BCUT2D eigenvalue weighted by Crippen LogP contribution is 2.22. The summed E-state index contributed by atoms with van der Waals surface area (Å²) in [4.78, 5) is 21.6. The van der Waals surface area contributed by atoms with Crippen LogP contribution in [0.4, 0.5) is 17.1 Å². The number of anilines is 3. The van der Waals surface area contributed by atoms with E-state index in [-0.39, 0.29) is 5.91 Å². The van der Waals surface area contributed by atoms with Crippen molar-refractivity contribution < 1.29 is 4.79 Å². The fourth-order valence-corrected chi connectivity index (χ4v) is 4.11. The van der Waals surface area contributed by atoms with E-state index in [0.29, 0.717) is 11.7 Å². The largest absolute Gasteiger partial charge is 0.381 e. The molecule has 6 nitrogen and oxygen atoms in total. The summed E-state index contributed by atoms with van der Waals surface area (Å²) in [6.07, 6.45) is 8.11. The minimum atomic E-state index is -0.179. The molecule has 2 N–H and O–H groups in total. The minimum absolute atomic E-state index is 0.179. The second kappa shape index (κ2) is 9.27. The molecule has 0 unspecified atom stereocenters. The molecule has 1 saturated heterocycles. The summed E-state index contributed by atoms with van der Waals surface area (Å²) in [6.45, 7) is 4.23. The lowest BCUT2D eigenvalue weighted by molar-refractivity contribution is 0.102. The van der Waals surface area contributed by atoms with Crippen molar-refractivity contribution in [3.05, 3.63) is 48.3 Å². The first-order valence-electron chi connectivity index (χ1n) is 10.7. The Bertz CT molecular complexity index is 791. The maximum atomic E-state index is 12.5. The molecule has 0 spiro atoms. The molecule has 154 valence electrons. The number of likely N-dealkylation sites (N-methyl/N-ethyl adjacent to an activating group) is 1. The number of hydrogen-bond acceptors (Lipinski definition) is 5. The lowest BCUT2D eigenvalue weighted by atomic mass is 9.95. The van der Waals surface area contributed by atoms with Gasteiger partial charge in [0.05, 0.1) is 11.9 Å². The summed E-state index contributed by atoms with van der Waals surface area (Å²) < 4.78 is 0. The number of carbonyl (C=O) groups is 1. The standard InChI is InChI=1S/C23H31N5O/c1-27-13-15-28(16-14-27)21-10-7-19(8-11-21)26-23(29)22-12-9-20(17-24-22)25-18-5-3-2-4-6-18/h7-12,17-18,25H,2-6,13-16H2,1H3,(H,26,29). The molecule has 1 aromatic heterocycles. The molecule has 2 aromatic rings. The van der Waals surface area contributed by atoms with Crippen LogP contribution in [0.25, 0.3) is 0 Å². The van der Waals surface area contributed by atoms with Gasteiger partial charge < -0.3 is 20.4 Å². The van der Waals surface area contributed by atoms with E-state index in [2.05, 4.69) is 44.6 Å². The molecule has 1 aliphatic carbocycles. The van der Waals surface area contributed by atoms with Crippen LogP contribution in [-0.4, -0.2) is 55.1 Å². The van der Waals surface area contributed by atoms with Crippen LogP contribution in [-0.2, 0) is 0 Å². The number of benzene rings is 1. The average Bonchev–Trinajstić information content (AvgIpc) is 2.76. The SMILES string of the molecule is CN1CCN(c2ccc(NC(=O)c3ccc(NC4CCCCC4)cn3)cc2)CC1. The van der Waals surface area contributed by atoms with Gasteiger partial charge in [-0.2, -0.15) is 0 Å².